The number of nitrogens with zero attached hydrogens (tertiary/aromatic N) is 2. The van der Waals surface area contributed by atoms with Gasteiger partial charge >= 0.3 is 0 Å². The highest BCUT2D eigenvalue weighted by Crippen LogP contribution is 2.44. The number of aliphatic hydroxyl groups is 1. The zero-order chi connectivity index (χ0) is 13.1. The minimum absolute atomic E-state index is 0.224. The van der Waals surface area contributed by atoms with E-state index in [1.807, 2.05) is 12.4 Å². The van der Waals surface area contributed by atoms with Gasteiger partial charge in [-0.15, -0.1) is 0 Å². The number of aliphatic hydroxyl groups excluding tert-OH is 1. The fourth-order valence-electron chi connectivity index (χ4n) is 2.83. The van der Waals surface area contributed by atoms with Gasteiger partial charge in [0.05, 0.1) is 0 Å². The van der Waals surface area contributed by atoms with Crippen molar-refractivity contribution in [1.29, 1.82) is 0 Å². The summed E-state index contributed by atoms with van der Waals surface area (Å²) >= 11 is 0. The van der Waals surface area contributed by atoms with Crippen molar-refractivity contribution in [3.63, 3.8) is 0 Å². The van der Waals surface area contributed by atoms with E-state index in [1.54, 1.807) is 0 Å². The van der Waals surface area contributed by atoms with Crippen molar-refractivity contribution < 1.29 is 5.11 Å². The average Bonchev–Trinajstić information content (AvgIpc) is 3.27. The van der Waals surface area contributed by atoms with E-state index in [0.29, 0.717) is 12.6 Å². The zero-order valence-electron chi connectivity index (χ0n) is 11.4. The Morgan fingerprint density at radius 1 is 1.26 bits per heavy atom. The first-order chi connectivity index (χ1) is 9.31. The molecule has 1 aliphatic carbocycles. The molecule has 4 nitrogen and oxygen atoms in total. The molecule has 104 valence electrons. The van der Waals surface area contributed by atoms with E-state index in [9.17, 15) is 5.11 Å². The Labute approximate surface area is 114 Å². The monoisotopic (exact) mass is 261 g/mol. The molecule has 19 heavy (non-hydrogen) atoms. The molecule has 1 aromatic rings. The molecule has 0 unspecified atom stereocenters. The molecule has 0 bridgehead atoms. The number of nitrogens with one attached hydrogen (secondary N) is 1. The van der Waals surface area contributed by atoms with E-state index in [2.05, 4.69) is 27.3 Å². The summed E-state index contributed by atoms with van der Waals surface area (Å²) in [4.78, 5) is 6.49. The van der Waals surface area contributed by atoms with E-state index in [-0.39, 0.29) is 5.41 Å². The minimum Gasteiger partial charge on any atom is -0.396 e. The van der Waals surface area contributed by atoms with Crippen molar-refractivity contribution in [3.05, 3.63) is 24.5 Å². The van der Waals surface area contributed by atoms with Crippen molar-refractivity contribution in [3.8, 4) is 0 Å². The molecule has 3 rings (SSSR count). The van der Waals surface area contributed by atoms with Crippen LogP contribution in [0.3, 0.4) is 0 Å². The Hall–Kier alpha value is -1.13. The van der Waals surface area contributed by atoms with Crippen LogP contribution in [0.15, 0.2) is 24.5 Å². The number of anilines is 1. The summed E-state index contributed by atoms with van der Waals surface area (Å²) in [6, 6.07) is 4.78. The van der Waals surface area contributed by atoms with Crippen LogP contribution in [0.2, 0.25) is 0 Å². The molecule has 1 aromatic heterocycles. The molecule has 2 N–H and O–H groups in total. The molecule has 2 heterocycles. The second kappa shape index (κ2) is 5.47. The van der Waals surface area contributed by atoms with Gasteiger partial charge < -0.3 is 15.3 Å². The Kier molecular flexibility index (Phi) is 3.71. The molecular weight excluding hydrogens is 238 g/mol. The summed E-state index contributed by atoms with van der Waals surface area (Å²) in [6.45, 7) is 3.54. The Bertz CT molecular complexity index is 397. The summed E-state index contributed by atoms with van der Waals surface area (Å²) < 4.78 is 0. The molecule has 0 spiro atoms. The molecular formula is C15H23N3O. The second-order valence-corrected chi connectivity index (χ2v) is 6.01. The van der Waals surface area contributed by atoms with Gasteiger partial charge in [0.2, 0.25) is 0 Å². The summed E-state index contributed by atoms with van der Waals surface area (Å²) in [5.41, 5.74) is 1.50. The largest absolute Gasteiger partial charge is 0.396 e. The predicted molar refractivity (Wildman–Crippen MR) is 76.2 cm³/mol. The van der Waals surface area contributed by atoms with Crippen LogP contribution in [0.4, 0.5) is 5.69 Å². The van der Waals surface area contributed by atoms with Gasteiger partial charge in [0, 0.05) is 55.8 Å². The first-order valence-electron chi connectivity index (χ1n) is 7.31. The lowest BCUT2D eigenvalue weighted by Crippen LogP contribution is -2.44. The topological polar surface area (TPSA) is 48.4 Å². The maximum absolute atomic E-state index is 9.32. The third kappa shape index (κ3) is 3.07. The maximum atomic E-state index is 9.32. The second-order valence-electron chi connectivity index (χ2n) is 6.01. The molecule has 0 radical (unpaired) electrons. The summed E-state index contributed by atoms with van der Waals surface area (Å²) in [7, 11) is 0. The summed E-state index contributed by atoms with van der Waals surface area (Å²) in [6.07, 6.45) is 8.46. The van der Waals surface area contributed by atoms with Crippen LogP contribution < -0.4 is 10.2 Å². The predicted octanol–water partition coefficient (Wildman–Crippen LogP) is 1.41. The van der Waals surface area contributed by atoms with Crippen LogP contribution >= 0.6 is 0 Å². The number of hydrogen-bond donors (Lipinski definition) is 2. The molecule has 0 amide bonds. The number of aromatic nitrogens is 1. The fraction of sp³-hybridized carbons (Fsp3) is 0.667. The van der Waals surface area contributed by atoms with Gasteiger partial charge in [-0.2, -0.15) is 0 Å². The van der Waals surface area contributed by atoms with Crippen LogP contribution in [0.25, 0.3) is 0 Å². The highest BCUT2D eigenvalue weighted by atomic mass is 16.3. The number of hydrogen-bond acceptors (Lipinski definition) is 4. The Balaban J connectivity index is 1.45. The van der Waals surface area contributed by atoms with E-state index in [1.165, 1.54) is 31.4 Å². The molecule has 1 saturated heterocycles. The lowest BCUT2D eigenvalue weighted by molar-refractivity contribution is 0.201. The average molecular weight is 261 g/mol. The normalized spacial score (nSPS) is 22.5. The van der Waals surface area contributed by atoms with Crippen molar-refractivity contribution in [2.45, 2.75) is 31.7 Å². The lowest BCUT2D eigenvalue weighted by atomic mass is 10.0. The summed E-state index contributed by atoms with van der Waals surface area (Å²) in [5, 5.41) is 13.0. The third-order valence-corrected chi connectivity index (χ3v) is 4.58. The Morgan fingerprint density at radius 2 is 1.95 bits per heavy atom. The van der Waals surface area contributed by atoms with Crippen LogP contribution in [0, 0.1) is 5.41 Å². The molecule has 0 atom stereocenters. The van der Waals surface area contributed by atoms with Crippen molar-refractivity contribution in [1.82, 2.24) is 10.3 Å². The number of rotatable bonds is 5. The third-order valence-electron chi connectivity index (χ3n) is 4.58. The van der Waals surface area contributed by atoms with Gasteiger partial charge in [-0.05, 0) is 37.8 Å². The quantitative estimate of drug-likeness (QED) is 0.841. The van der Waals surface area contributed by atoms with Crippen molar-refractivity contribution in [2.75, 3.05) is 31.1 Å². The van der Waals surface area contributed by atoms with Crippen molar-refractivity contribution >= 4 is 5.69 Å². The van der Waals surface area contributed by atoms with Crippen LogP contribution in [0.1, 0.15) is 25.7 Å². The molecule has 2 fully saturated rings. The van der Waals surface area contributed by atoms with Gasteiger partial charge in [0.25, 0.3) is 0 Å². The summed E-state index contributed by atoms with van der Waals surface area (Å²) in [5.74, 6) is 0. The van der Waals surface area contributed by atoms with E-state index < -0.39 is 0 Å². The van der Waals surface area contributed by atoms with E-state index in [0.717, 1.165) is 19.6 Å². The van der Waals surface area contributed by atoms with Gasteiger partial charge in [-0.25, -0.2) is 0 Å². The first-order valence-corrected chi connectivity index (χ1v) is 7.31. The van der Waals surface area contributed by atoms with E-state index in [4.69, 9.17) is 0 Å². The van der Waals surface area contributed by atoms with E-state index >= 15 is 0 Å². The standard InChI is InChI=1S/C15H23N3O/c19-12-15(5-6-15)11-17-13-3-9-18(10-4-13)14-1-7-16-8-2-14/h1-2,7-8,13,17,19H,3-6,9-12H2. The van der Waals surface area contributed by atoms with Crippen LogP contribution in [-0.4, -0.2) is 42.4 Å². The molecule has 0 aromatic carbocycles. The zero-order valence-corrected chi connectivity index (χ0v) is 11.4. The Morgan fingerprint density at radius 3 is 2.53 bits per heavy atom. The highest BCUT2D eigenvalue weighted by molar-refractivity contribution is 5.44. The van der Waals surface area contributed by atoms with Crippen LogP contribution in [0.5, 0.6) is 0 Å². The van der Waals surface area contributed by atoms with Crippen molar-refractivity contribution in [2.24, 2.45) is 5.41 Å². The fourth-order valence-corrected chi connectivity index (χ4v) is 2.83. The number of piperidine rings is 1. The molecule has 4 heteroatoms. The number of pyridine rings is 1. The minimum atomic E-state index is 0.224. The van der Waals surface area contributed by atoms with Gasteiger partial charge in [-0.3, -0.25) is 4.98 Å². The van der Waals surface area contributed by atoms with Crippen LogP contribution in [-0.2, 0) is 0 Å². The molecule has 2 aliphatic rings. The highest BCUT2D eigenvalue weighted by Gasteiger charge is 2.42. The van der Waals surface area contributed by atoms with Gasteiger partial charge in [-0.1, -0.05) is 0 Å². The molecule has 1 saturated carbocycles. The first kappa shape index (κ1) is 12.9. The molecule has 1 aliphatic heterocycles. The lowest BCUT2D eigenvalue weighted by Gasteiger charge is -2.34. The van der Waals surface area contributed by atoms with Gasteiger partial charge in [0.1, 0.15) is 0 Å². The smallest absolute Gasteiger partial charge is 0.0499 e. The SMILES string of the molecule is OCC1(CNC2CCN(c3ccncc3)CC2)CC1. The maximum Gasteiger partial charge on any atom is 0.0499 e. The van der Waals surface area contributed by atoms with Gasteiger partial charge in [0.15, 0.2) is 0 Å².